The Morgan fingerprint density at radius 2 is 1.95 bits per heavy atom. The molecule has 3 heterocycles. The van der Waals surface area contributed by atoms with Gasteiger partial charge in [-0.05, 0) is 19.4 Å². The number of phosphoric ester groups is 1. The zero-order chi connectivity index (χ0) is 30.6. The average Bonchev–Trinajstić information content (AvgIpc) is 2.91. The number of amides is 2. The molecule has 1 aromatic heterocycles. The third-order valence-electron chi connectivity index (χ3n) is 6.30. The lowest BCUT2D eigenvalue weighted by Gasteiger charge is -2.44. The number of halogens is 2. The van der Waals surface area contributed by atoms with Gasteiger partial charge < -0.3 is 43.5 Å². The molecule has 1 saturated heterocycles. The van der Waals surface area contributed by atoms with Gasteiger partial charge in [0.2, 0.25) is 18.0 Å². The molecule has 1 fully saturated rings. The van der Waals surface area contributed by atoms with Crippen molar-refractivity contribution in [1.29, 1.82) is 0 Å². The molecule has 0 aliphatic carbocycles. The molecule has 2 aliphatic rings. The molecule has 1 aromatic carbocycles. The van der Waals surface area contributed by atoms with Crippen molar-refractivity contribution in [2.75, 3.05) is 26.6 Å². The van der Waals surface area contributed by atoms with Crippen LogP contribution in [0.25, 0.3) is 0 Å². The summed E-state index contributed by atoms with van der Waals surface area (Å²) in [5.41, 5.74) is -1.81. The summed E-state index contributed by atoms with van der Waals surface area (Å²) in [6, 6.07) is 2.52. The second-order valence-corrected chi connectivity index (χ2v) is 10.4. The van der Waals surface area contributed by atoms with Crippen LogP contribution in [0.4, 0.5) is 13.6 Å². The third-order valence-corrected chi connectivity index (χ3v) is 6.82. The van der Waals surface area contributed by atoms with E-state index in [-0.39, 0.29) is 30.4 Å². The average molecular weight is 617 g/mol. The van der Waals surface area contributed by atoms with Gasteiger partial charge in [0.25, 0.3) is 11.8 Å². The quantitative estimate of drug-likeness (QED) is 0.150. The van der Waals surface area contributed by atoms with E-state index in [0.29, 0.717) is 19.1 Å². The van der Waals surface area contributed by atoms with Gasteiger partial charge in [-0.25, -0.2) is 18.1 Å². The lowest BCUT2D eigenvalue weighted by Crippen LogP contribution is -2.57. The maximum Gasteiger partial charge on any atom is 0.511 e. The molecule has 0 spiro atoms. The van der Waals surface area contributed by atoms with Crippen LogP contribution in [-0.2, 0) is 36.4 Å². The summed E-state index contributed by atoms with van der Waals surface area (Å²) in [5, 5.41) is 2.37. The lowest BCUT2D eigenvalue weighted by molar-refractivity contribution is -0.112. The summed E-state index contributed by atoms with van der Waals surface area (Å²) in [6.45, 7) is -0.363. The normalized spacial score (nSPS) is 18.1. The Hall–Kier alpha value is -3.89. The highest BCUT2D eigenvalue weighted by atomic mass is 31.2. The van der Waals surface area contributed by atoms with Crippen LogP contribution < -0.4 is 15.5 Å². The van der Waals surface area contributed by atoms with Crippen LogP contribution in [0, 0.1) is 11.6 Å². The van der Waals surface area contributed by atoms with Gasteiger partial charge in [-0.1, -0.05) is 6.07 Å². The Labute approximate surface area is 236 Å². The Balaban J connectivity index is 1.55. The number of hydrogen-bond donors (Lipinski definition) is 3. The summed E-state index contributed by atoms with van der Waals surface area (Å²) < 4.78 is 63.7. The first-order valence-corrected chi connectivity index (χ1v) is 13.9. The number of benzene rings is 1. The zero-order valence-corrected chi connectivity index (χ0v) is 22.9. The number of aromatic nitrogens is 1. The highest BCUT2D eigenvalue weighted by Gasteiger charge is 2.41. The number of fused-ring (bicyclic) bond motifs is 2. The first-order chi connectivity index (χ1) is 19.9. The van der Waals surface area contributed by atoms with E-state index in [1.165, 1.54) is 9.47 Å². The Morgan fingerprint density at radius 1 is 1.19 bits per heavy atom. The molecule has 228 valence electrons. The number of rotatable bonds is 10. The monoisotopic (exact) mass is 617 g/mol. The first kappa shape index (κ1) is 31.1. The van der Waals surface area contributed by atoms with Crippen LogP contribution in [0.1, 0.15) is 39.8 Å². The predicted molar refractivity (Wildman–Crippen MR) is 134 cm³/mol. The van der Waals surface area contributed by atoms with E-state index in [1.54, 1.807) is 6.92 Å². The van der Waals surface area contributed by atoms with Crippen LogP contribution in [0.15, 0.2) is 29.2 Å². The molecular formula is C24H26F2N3O12P. The topological polar surface area (TPSA) is 192 Å². The smallest absolute Gasteiger partial charge is 0.451 e. The minimum atomic E-state index is -4.77. The number of carbonyl (C=O) groups is 3. The molecule has 42 heavy (non-hydrogen) atoms. The molecular weight excluding hydrogens is 591 g/mol. The van der Waals surface area contributed by atoms with Crippen molar-refractivity contribution in [2.24, 2.45) is 0 Å². The number of hydrogen-bond acceptors (Lipinski definition) is 10. The molecule has 15 nitrogen and oxygen atoms in total. The summed E-state index contributed by atoms with van der Waals surface area (Å²) in [6.07, 6.45) is -0.383. The van der Waals surface area contributed by atoms with Crippen LogP contribution in [0.5, 0.6) is 5.75 Å². The molecule has 0 unspecified atom stereocenters. The largest absolute Gasteiger partial charge is 0.511 e. The zero-order valence-electron chi connectivity index (χ0n) is 22.0. The fourth-order valence-electron chi connectivity index (χ4n) is 4.33. The summed E-state index contributed by atoms with van der Waals surface area (Å²) in [5.74, 6) is -3.93. The third kappa shape index (κ3) is 7.30. The fraction of sp³-hybridized carbons (Fsp3) is 0.417. The van der Waals surface area contributed by atoms with Gasteiger partial charge in [-0.15, -0.1) is 0 Å². The molecule has 0 radical (unpaired) electrons. The number of ether oxygens (including phenoxy) is 4. The maximum atomic E-state index is 14.0. The van der Waals surface area contributed by atoms with E-state index in [1.807, 2.05) is 0 Å². The van der Waals surface area contributed by atoms with Gasteiger partial charge in [0, 0.05) is 30.4 Å². The van der Waals surface area contributed by atoms with Crippen LogP contribution >= 0.6 is 7.82 Å². The second-order valence-electron chi connectivity index (χ2n) is 9.12. The van der Waals surface area contributed by atoms with Crippen molar-refractivity contribution >= 4 is 25.8 Å². The van der Waals surface area contributed by atoms with E-state index < -0.39 is 80.4 Å². The molecule has 0 saturated carbocycles. The molecule has 2 aliphatic heterocycles. The van der Waals surface area contributed by atoms with E-state index in [0.717, 1.165) is 18.3 Å². The number of pyridine rings is 1. The first-order valence-electron chi connectivity index (χ1n) is 12.4. The highest BCUT2D eigenvalue weighted by Crippen LogP contribution is 2.35. The fourth-order valence-corrected chi connectivity index (χ4v) is 4.65. The summed E-state index contributed by atoms with van der Waals surface area (Å²) in [7, 11) is -4.77. The van der Waals surface area contributed by atoms with E-state index >= 15 is 0 Å². The number of carbonyl (C=O) groups excluding carboxylic acids is 3. The molecule has 4 rings (SSSR count). The summed E-state index contributed by atoms with van der Waals surface area (Å²) in [4.78, 5) is 70.3. The van der Waals surface area contributed by atoms with E-state index in [9.17, 15) is 32.5 Å². The number of nitrogens with zero attached hydrogens (tertiary/aromatic N) is 2. The Kier molecular flexibility index (Phi) is 9.58. The molecule has 0 bridgehead atoms. The van der Waals surface area contributed by atoms with Crippen LogP contribution in [0.2, 0.25) is 0 Å². The standard InChI is InChI=1S/C24H26F2N3O12P/c1-13-4-5-37-18-11-28-10-16(22(31)27-9-14-2-3-15(25)8-17(14)26)20(30)21(19(28)23(32)29(13)18)39-12-40-24(33)38-6-7-41-42(34,35)36/h2-3,8,10,13,18H,4-7,9,11-12H2,1H3,(H,27,31)(H2,34,35,36)/t13-,18+/m1/s1. The SMILES string of the molecule is C[C@@H]1CCO[C@H]2Cn3cc(C(=O)NCc4ccc(F)cc4F)c(=O)c(OCOC(=O)OCCOP(=O)(O)O)c3C(=O)N12. The van der Waals surface area contributed by atoms with E-state index in [4.69, 9.17) is 24.0 Å². The minimum absolute atomic E-state index is 0.0252. The van der Waals surface area contributed by atoms with Crippen LogP contribution in [0.3, 0.4) is 0 Å². The Bertz CT molecular complexity index is 1480. The van der Waals surface area contributed by atoms with Crippen molar-refractivity contribution < 1.29 is 61.0 Å². The van der Waals surface area contributed by atoms with Gasteiger partial charge in [0.1, 0.15) is 23.8 Å². The van der Waals surface area contributed by atoms with E-state index in [2.05, 4.69) is 14.6 Å². The van der Waals surface area contributed by atoms with Gasteiger partial charge in [-0.3, -0.25) is 18.9 Å². The molecule has 2 aromatic rings. The van der Waals surface area contributed by atoms with Crippen molar-refractivity contribution in [3.63, 3.8) is 0 Å². The van der Waals surface area contributed by atoms with Gasteiger partial charge in [-0.2, -0.15) is 0 Å². The van der Waals surface area contributed by atoms with Gasteiger partial charge >= 0.3 is 14.0 Å². The molecule has 18 heteroatoms. The van der Waals surface area contributed by atoms with Crippen LogP contribution in [-0.4, -0.2) is 76.1 Å². The van der Waals surface area contributed by atoms with Crippen molar-refractivity contribution in [3.8, 4) is 5.75 Å². The van der Waals surface area contributed by atoms with Gasteiger partial charge in [0.15, 0.2) is 11.9 Å². The number of nitrogens with one attached hydrogen (secondary N) is 1. The number of phosphoric acid groups is 1. The molecule has 2 amide bonds. The van der Waals surface area contributed by atoms with Crippen molar-refractivity contribution in [1.82, 2.24) is 14.8 Å². The molecule has 3 N–H and O–H groups in total. The Morgan fingerprint density at radius 3 is 2.67 bits per heavy atom. The van der Waals surface area contributed by atoms with Crippen molar-refractivity contribution in [3.05, 3.63) is 63.1 Å². The minimum Gasteiger partial charge on any atom is -0.451 e. The van der Waals surface area contributed by atoms with Crippen molar-refractivity contribution in [2.45, 2.75) is 38.7 Å². The molecule has 2 atom stereocenters. The highest BCUT2D eigenvalue weighted by molar-refractivity contribution is 7.46. The van der Waals surface area contributed by atoms with Gasteiger partial charge in [0.05, 0.1) is 19.8 Å². The predicted octanol–water partition coefficient (Wildman–Crippen LogP) is 1.25. The second kappa shape index (κ2) is 13.0. The lowest BCUT2D eigenvalue weighted by atomic mass is 10.1. The maximum absolute atomic E-state index is 14.0. The summed E-state index contributed by atoms with van der Waals surface area (Å²) >= 11 is 0.